The lowest BCUT2D eigenvalue weighted by Crippen LogP contribution is -2.10. The first-order valence-corrected chi connectivity index (χ1v) is 6.31. The number of carbonyl (C=O) groups excluding carboxylic acids is 1. The lowest BCUT2D eigenvalue weighted by molar-refractivity contribution is -0.145. The second-order valence-electron chi connectivity index (χ2n) is 4.74. The van der Waals surface area contributed by atoms with Crippen molar-refractivity contribution in [3.63, 3.8) is 0 Å². The molecule has 0 bridgehead atoms. The number of allylic oxidation sites excluding steroid dienone is 2. The zero-order chi connectivity index (χ0) is 12.5. The van der Waals surface area contributed by atoms with Gasteiger partial charge in [-0.3, -0.25) is 4.79 Å². The van der Waals surface area contributed by atoms with Crippen molar-refractivity contribution in [2.75, 3.05) is 6.61 Å². The van der Waals surface area contributed by atoms with Crippen LogP contribution in [0.3, 0.4) is 0 Å². The SMILES string of the molecule is CCOC(=O)C1C(C=C(Cl)C(C)Cl)C1(C)C. The second-order valence-corrected chi connectivity index (χ2v) is 5.84. The van der Waals surface area contributed by atoms with Crippen molar-refractivity contribution in [3.8, 4) is 0 Å². The normalized spacial score (nSPS) is 29.8. The number of alkyl halides is 1. The molecule has 1 rings (SSSR count). The van der Waals surface area contributed by atoms with E-state index in [1.165, 1.54) is 0 Å². The van der Waals surface area contributed by atoms with Gasteiger partial charge in [-0.2, -0.15) is 0 Å². The summed E-state index contributed by atoms with van der Waals surface area (Å²) in [6.07, 6.45) is 1.89. The fourth-order valence-corrected chi connectivity index (χ4v) is 2.18. The van der Waals surface area contributed by atoms with E-state index < -0.39 is 0 Å². The van der Waals surface area contributed by atoms with Gasteiger partial charge in [-0.05, 0) is 25.2 Å². The van der Waals surface area contributed by atoms with Crippen LogP contribution in [0.2, 0.25) is 0 Å². The molecule has 0 aromatic carbocycles. The highest BCUT2D eigenvalue weighted by Gasteiger charge is 2.61. The van der Waals surface area contributed by atoms with E-state index in [1.807, 2.05) is 33.8 Å². The highest BCUT2D eigenvalue weighted by atomic mass is 35.5. The topological polar surface area (TPSA) is 26.3 Å². The van der Waals surface area contributed by atoms with Gasteiger partial charge in [-0.1, -0.05) is 31.5 Å². The third-order valence-corrected chi connectivity index (χ3v) is 3.97. The van der Waals surface area contributed by atoms with Gasteiger partial charge in [0, 0.05) is 5.03 Å². The summed E-state index contributed by atoms with van der Waals surface area (Å²) < 4.78 is 5.03. The highest BCUT2D eigenvalue weighted by Crippen LogP contribution is 2.60. The molecule has 1 saturated carbocycles. The molecular weight excluding hydrogens is 247 g/mol. The summed E-state index contributed by atoms with van der Waals surface area (Å²) in [6, 6.07) is 0. The lowest BCUT2D eigenvalue weighted by Gasteiger charge is -2.01. The van der Waals surface area contributed by atoms with Crippen molar-refractivity contribution in [2.45, 2.75) is 33.1 Å². The molecule has 0 N–H and O–H groups in total. The maximum absolute atomic E-state index is 11.7. The zero-order valence-corrected chi connectivity index (χ0v) is 11.6. The van der Waals surface area contributed by atoms with Gasteiger partial charge in [0.25, 0.3) is 0 Å². The molecule has 4 heteroatoms. The van der Waals surface area contributed by atoms with E-state index in [0.29, 0.717) is 11.6 Å². The van der Waals surface area contributed by atoms with Crippen molar-refractivity contribution in [1.82, 2.24) is 0 Å². The molecule has 2 nitrogen and oxygen atoms in total. The first kappa shape index (κ1) is 13.9. The maximum atomic E-state index is 11.7. The van der Waals surface area contributed by atoms with E-state index in [9.17, 15) is 4.79 Å². The summed E-state index contributed by atoms with van der Waals surface area (Å²) in [5.41, 5.74) is -0.0713. The average molecular weight is 265 g/mol. The third kappa shape index (κ3) is 2.72. The summed E-state index contributed by atoms with van der Waals surface area (Å²) in [7, 11) is 0. The van der Waals surface area contributed by atoms with E-state index in [2.05, 4.69) is 0 Å². The summed E-state index contributed by atoms with van der Waals surface area (Å²) in [5, 5.41) is 0.396. The van der Waals surface area contributed by atoms with Crippen LogP contribution in [0.4, 0.5) is 0 Å². The smallest absolute Gasteiger partial charge is 0.310 e. The van der Waals surface area contributed by atoms with Crippen LogP contribution in [0.1, 0.15) is 27.7 Å². The monoisotopic (exact) mass is 264 g/mol. The molecule has 3 atom stereocenters. The fraction of sp³-hybridized carbons (Fsp3) is 0.750. The second kappa shape index (κ2) is 4.97. The first-order valence-electron chi connectivity index (χ1n) is 5.50. The number of hydrogen-bond donors (Lipinski definition) is 0. The Labute approximate surface area is 107 Å². The summed E-state index contributed by atoms with van der Waals surface area (Å²) >= 11 is 11.9. The van der Waals surface area contributed by atoms with Crippen LogP contribution in [0.25, 0.3) is 0 Å². The number of ether oxygens (including phenoxy) is 1. The quantitative estimate of drug-likeness (QED) is 0.573. The van der Waals surface area contributed by atoms with Crippen LogP contribution < -0.4 is 0 Å². The Morgan fingerprint density at radius 3 is 2.56 bits per heavy atom. The van der Waals surface area contributed by atoms with Crippen molar-refractivity contribution >= 4 is 29.2 Å². The molecule has 0 radical (unpaired) electrons. The van der Waals surface area contributed by atoms with E-state index in [1.54, 1.807) is 0 Å². The minimum Gasteiger partial charge on any atom is -0.466 e. The molecule has 3 unspecified atom stereocenters. The Bertz CT molecular complexity index is 308. The van der Waals surface area contributed by atoms with Gasteiger partial charge in [0.2, 0.25) is 0 Å². The van der Waals surface area contributed by atoms with Crippen LogP contribution in [-0.4, -0.2) is 18.0 Å². The van der Waals surface area contributed by atoms with Crippen LogP contribution in [0.5, 0.6) is 0 Å². The Balaban J connectivity index is 2.71. The minimum atomic E-state index is -0.207. The number of halogens is 2. The first-order chi connectivity index (χ1) is 7.32. The number of carbonyl (C=O) groups is 1. The minimum absolute atomic E-state index is 0.0713. The Hall–Kier alpha value is -0.210. The van der Waals surface area contributed by atoms with Gasteiger partial charge < -0.3 is 4.74 Å². The molecule has 0 aliphatic heterocycles. The van der Waals surface area contributed by atoms with Gasteiger partial charge in [0.05, 0.1) is 17.9 Å². The molecule has 0 aromatic rings. The molecule has 0 aromatic heterocycles. The van der Waals surface area contributed by atoms with Crippen molar-refractivity contribution in [2.24, 2.45) is 17.3 Å². The average Bonchev–Trinajstić information content (AvgIpc) is 2.68. The Kier molecular flexibility index (Phi) is 4.30. The van der Waals surface area contributed by atoms with Crippen LogP contribution in [-0.2, 0) is 9.53 Å². The lowest BCUT2D eigenvalue weighted by atomic mass is 10.1. The van der Waals surface area contributed by atoms with Crippen molar-refractivity contribution in [3.05, 3.63) is 11.1 Å². The van der Waals surface area contributed by atoms with Crippen molar-refractivity contribution in [1.29, 1.82) is 0 Å². The molecule has 0 saturated heterocycles. The van der Waals surface area contributed by atoms with Crippen molar-refractivity contribution < 1.29 is 9.53 Å². The molecule has 0 spiro atoms. The van der Waals surface area contributed by atoms with Crippen LogP contribution in [0.15, 0.2) is 11.1 Å². The van der Waals surface area contributed by atoms with E-state index in [0.717, 1.165) is 0 Å². The standard InChI is InChI=1S/C12H18Cl2O2/c1-5-16-11(15)10-8(12(10,3)4)6-9(14)7(2)13/h6-8,10H,5H2,1-4H3. The van der Waals surface area contributed by atoms with E-state index in [-0.39, 0.29) is 28.6 Å². The van der Waals surface area contributed by atoms with Gasteiger partial charge >= 0.3 is 5.97 Å². The summed E-state index contributed by atoms with van der Waals surface area (Å²) in [6.45, 7) is 8.13. The van der Waals surface area contributed by atoms with Gasteiger partial charge in [-0.25, -0.2) is 0 Å². The molecule has 1 aliphatic carbocycles. The molecule has 92 valence electrons. The Morgan fingerprint density at radius 2 is 2.12 bits per heavy atom. The Morgan fingerprint density at radius 1 is 1.56 bits per heavy atom. The van der Waals surface area contributed by atoms with Crippen LogP contribution in [0, 0.1) is 17.3 Å². The van der Waals surface area contributed by atoms with Gasteiger partial charge in [0.15, 0.2) is 0 Å². The number of esters is 1. The van der Waals surface area contributed by atoms with E-state index in [4.69, 9.17) is 27.9 Å². The fourth-order valence-electron chi connectivity index (χ4n) is 1.98. The highest BCUT2D eigenvalue weighted by molar-refractivity contribution is 6.37. The summed E-state index contributed by atoms with van der Waals surface area (Å²) in [4.78, 5) is 11.7. The number of hydrogen-bond acceptors (Lipinski definition) is 2. The van der Waals surface area contributed by atoms with E-state index >= 15 is 0 Å². The molecule has 16 heavy (non-hydrogen) atoms. The largest absolute Gasteiger partial charge is 0.466 e. The molecule has 1 fully saturated rings. The van der Waals surface area contributed by atoms with Crippen LogP contribution >= 0.6 is 23.2 Å². The predicted octanol–water partition coefficient (Wildman–Crippen LogP) is 3.57. The summed E-state index contributed by atoms with van der Waals surface area (Å²) in [5.74, 6) is -0.0858. The maximum Gasteiger partial charge on any atom is 0.310 e. The molecule has 0 amide bonds. The zero-order valence-electron chi connectivity index (χ0n) is 10.1. The number of rotatable bonds is 4. The third-order valence-electron chi connectivity index (χ3n) is 3.17. The predicted molar refractivity (Wildman–Crippen MR) is 66.6 cm³/mol. The van der Waals surface area contributed by atoms with Gasteiger partial charge in [0.1, 0.15) is 0 Å². The molecular formula is C12H18Cl2O2. The molecule has 0 heterocycles. The van der Waals surface area contributed by atoms with Gasteiger partial charge in [-0.15, -0.1) is 11.6 Å². The molecule has 1 aliphatic rings.